The molecule has 1 atom stereocenters. The first kappa shape index (κ1) is 17.2. The molecular weight excluding hydrogens is 325 g/mol. The van der Waals surface area contributed by atoms with Crippen LogP contribution in [0.25, 0.3) is 0 Å². The average Bonchev–Trinajstić information content (AvgIpc) is 3.31. The lowest BCUT2D eigenvalue weighted by Crippen LogP contribution is -2.47. The molecule has 6 nitrogen and oxygen atoms in total. The van der Waals surface area contributed by atoms with E-state index in [0.717, 1.165) is 12.8 Å². The summed E-state index contributed by atoms with van der Waals surface area (Å²) in [5.41, 5.74) is 6.23. The molecular formula is C18H20FN3O3. The van der Waals surface area contributed by atoms with E-state index >= 15 is 0 Å². The molecule has 0 bridgehead atoms. The molecule has 1 heterocycles. The zero-order chi connectivity index (χ0) is 18.0. The second-order valence-electron chi connectivity index (χ2n) is 6.19. The van der Waals surface area contributed by atoms with Crippen LogP contribution in [0.2, 0.25) is 0 Å². The normalized spacial score (nSPS) is 14.8. The van der Waals surface area contributed by atoms with Crippen molar-refractivity contribution >= 4 is 11.8 Å². The van der Waals surface area contributed by atoms with Crippen LogP contribution in [0.1, 0.15) is 46.3 Å². The molecule has 0 spiro atoms. The van der Waals surface area contributed by atoms with Crippen molar-refractivity contribution in [2.75, 3.05) is 0 Å². The smallest absolute Gasteiger partial charge is 0.268 e. The SMILES string of the molecule is Cc1cc(C(=O)NNC(C(=O)NC2CC2)c2ccc(F)cc2)c(C)o1. The Labute approximate surface area is 144 Å². The number of rotatable bonds is 6. The van der Waals surface area contributed by atoms with Crippen LogP contribution in [0.5, 0.6) is 0 Å². The lowest BCUT2D eigenvalue weighted by Gasteiger charge is -2.19. The van der Waals surface area contributed by atoms with Gasteiger partial charge in [0.05, 0.1) is 5.56 Å². The maximum atomic E-state index is 13.2. The molecule has 2 amide bonds. The van der Waals surface area contributed by atoms with Crippen LogP contribution < -0.4 is 16.2 Å². The summed E-state index contributed by atoms with van der Waals surface area (Å²) < 4.78 is 18.5. The molecule has 1 aromatic carbocycles. The average molecular weight is 345 g/mol. The predicted octanol–water partition coefficient (Wildman–Crippen LogP) is 2.29. The Balaban J connectivity index is 1.72. The van der Waals surface area contributed by atoms with Crippen LogP contribution in [0.15, 0.2) is 34.7 Å². The Bertz CT molecular complexity index is 781. The predicted molar refractivity (Wildman–Crippen MR) is 89.1 cm³/mol. The highest BCUT2D eigenvalue weighted by atomic mass is 19.1. The van der Waals surface area contributed by atoms with E-state index in [2.05, 4.69) is 16.2 Å². The molecule has 1 fully saturated rings. The lowest BCUT2D eigenvalue weighted by atomic mass is 10.1. The van der Waals surface area contributed by atoms with Crippen LogP contribution in [0.4, 0.5) is 4.39 Å². The van der Waals surface area contributed by atoms with E-state index < -0.39 is 17.8 Å². The number of hydrogen-bond acceptors (Lipinski definition) is 4. The second kappa shape index (κ2) is 7.06. The fourth-order valence-corrected chi connectivity index (χ4v) is 2.53. The molecule has 1 unspecified atom stereocenters. The van der Waals surface area contributed by atoms with Crippen molar-refractivity contribution in [3.05, 3.63) is 58.8 Å². The number of amides is 2. The Kier molecular flexibility index (Phi) is 4.85. The monoisotopic (exact) mass is 345 g/mol. The molecule has 3 rings (SSSR count). The third-order valence-corrected chi connectivity index (χ3v) is 4.00. The first-order chi connectivity index (χ1) is 11.9. The lowest BCUT2D eigenvalue weighted by molar-refractivity contribution is -0.123. The van der Waals surface area contributed by atoms with Gasteiger partial charge in [-0.2, -0.15) is 0 Å². The zero-order valence-corrected chi connectivity index (χ0v) is 14.1. The van der Waals surface area contributed by atoms with Gasteiger partial charge in [-0.05, 0) is 50.5 Å². The van der Waals surface area contributed by atoms with Crippen molar-refractivity contribution < 1.29 is 18.4 Å². The van der Waals surface area contributed by atoms with Crippen LogP contribution in [-0.4, -0.2) is 17.9 Å². The first-order valence-electron chi connectivity index (χ1n) is 8.13. The summed E-state index contributed by atoms with van der Waals surface area (Å²) in [6.45, 7) is 3.45. The van der Waals surface area contributed by atoms with Gasteiger partial charge in [0.2, 0.25) is 5.91 Å². The Morgan fingerprint density at radius 2 is 1.88 bits per heavy atom. The summed E-state index contributed by atoms with van der Waals surface area (Å²) in [6, 6.07) is 6.56. The van der Waals surface area contributed by atoms with E-state index in [9.17, 15) is 14.0 Å². The molecule has 0 radical (unpaired) electrons. The maximum Gasteiger partial charge on any atom is 0.268 e. The first-order valence-corrected chi connectivity index (χ1v) is 8.13. The van der Waals surface area contributed by atoms with E-state index in [1.807, 2.05) is 0 Å². The van der Waals surface area contributed by atoms with Gasteiger partial charge in [-0.3, -0.25) is 15.0 Å². The highest BCUT2D eigenvalue weighted by Crippen LogP contribution is 2.21. The summed E-state index contributed by atoms with van der Waals surface area (Å²) in [5.74, 6) is 0.0654. The number of carbonyl (C=O) groups excluding carboxylic acids is 2. The number of hydrazine groups is 1. The van der Waals surface area contributed by atoms with Crippen molar-refractivity contribution in [3.63, 3.8) is 0 Å². The van der Waals surface area contributed by atoms with Gasteiger partial charge in [0.15, 0.2) is 0 Å². The van der Waals surface area contributed by atoms with E-state index in [1.54, 1.807) is 19.9 Å². The van der Waals surface area contributed by atoms with Gasteiger partial charge < -0.3 is 9.73 Å². The third kappa shape index (κ3) is 4.24. The van der Waals surface area contributed by atoms with Gasteiger partial charge in [0.1, 0.15) is 23.4 Å². The second-order valence-corrected chi connectivity index (χ2v) is 6.19. The summed E-state index contributed by atoms with van der Waals surface area (Å²) in [4.78, 5) is 24.8. The molecule has 0 saturated heterocycles. The van der Waals surface area contributed by atoms with Gasteiger partial charge >= 0.3 is 0 Å². The zero-order valence-electron chi connectivity index (χ0n) is 14.1. The van der Waals surface area contributed by atoms with Crippen molar-refractivity contribution in [3.8, 4) is 0 Å². The molecule has 1 aliphatic rings. The molecule has 25 heavy (non-hydrogen) atoms. The van der Waals surface area contributed by atoms with E-state index in [0.29, 0.717) is 22.6 Å². The van der Waals surface area contributed by atoms with Crippen LogP contribution in [0, 0.1) is 19.7 Å². The van der Waals surface area contributed by atoms with Gasteiger partial charge in [-0.15, -0.1) is 0 Å². The van der Waals surface area contributed by atoms with Gasteiger partial charge in [-0.1, -0.05) is 12.1 Å². The minimum atomic E-state index is -0.821. The fraction of sp³-hybridized carbons (Fsp3) is 0.333. The number of nitrogens with one attached hydrogen (secondary N) is 3. The van der Waals surface area contributed by atoms with Crippen molar-refractivity contribution in [1.82, 2.24) is 16.2 Å². The Morgan fingerprint density at radius 1 is 1.20 bits per heavy atom. The summed E-state index contributed by atoms with van der Waals surface area (Å²) >= 11 is 0. The molecule has 1 aromatic heterocycles. The Morgan fingerprint density at radius 3 is 2.44 bits per heavy atom. The van der Waals surface area contributed by atoms with Gasteiger partial charge in [-0.25, -0.2) is 9.82 Å². The number of hydrogen-bond donors (Lipinski definition) is 3. The molecule has 1 saturated carbocycles. The number of carbonyl (C=O) groups is 2. The van der Waals surface area contributed by atoms with E-state index in [1.165, 1.54) is 24.3 Å². The summed E-state index contributed by atoms with van der Waals surface area (Å²) in [6.07, 6.45) is 1.89. The number of furan rings is 1. The summed E-state index contributed by atoms with van der Waals surface area (Å²) in [5, 5.41) is 2.88. The minimum Gasteiger partial charge on any atom is -0.466 e. The topological polar surface area (TPSA) is 83.4 Å². The van der Waals surface area contributed by atoms with Crippen molar-refractivity contribution in [1.29, 1.82) is 0 Å². The third-order valence-electron chi connectivity index (χ3n) is 4.00. The largest absolute Gasteiger partial charge is 0.466 e. The highest BCUT2D eigenvalue weighted by molar-refractivity contribution is 5.95. The Hall–Kier alpha value is -2.67. The summed E-state index contributed by atoms with van der Waals surface area (Å²) in [7, 11) is 0. The fourth-order valence-electron chi connectivity index (χ4n) is 2.53. The molecule has 0 aliphatic heterocycles. The van der Waals surface area contributed by atoms with E-state index in [4.69, 9.17) is 4.42 Å². The molecule has 7 heteroatoms. The molecule has 132 valence electrons. The quantitative estimate of drug-likeness (QED) is 0.702. The van der Waals surface area contributed by atoms with Crippen LogP contribution in [-0.2, 0) is 4.79 Å². The highest BCUT2D eigenvalue weighted by Gasteiger charge is 2.29. The number of benzene rings is 1. The molecule has 1 aliphatic carbocycles. The standard InChI is InChI=1S/C18H20FN3O3/c1-10-9-15(11(2)25-10)17(23)22-21-16(18(24)20-14-7-8-14)12-3-5-13(19)6-4-12/h3-6,9,14,16,21H,7-8H2,1-2H3,(H,20,24)(H,22,23). The van der Waals surface area contributed by atoms with Crippen LogP contribution >= 0.6 is 0 Å². The van der Waals surface area contributed by atoms with E-state index in [-0.39, 0.29) is 11.9 Å². The minimum absolute atomic E-state index is 0.173. The van der Waals surface area contributed by atoms with Gasteiger partial charge in [0, 0.05) is 6.04 Å². The van der Waals surface area contributed by atoms with Crippen molar-refractivity contribution in [2.24, 2.45) is 0 Å². The molecule has 2 aromatic rings. The maximum absolute atomic E-state index is 13.2. The van der Waals surface area contributed by atoms with Gasteiger partial charge in [0.25, 0.3) is 5.91 Å². The van der Waals surface area contributed by atoms with Crippen molar-refractivity contribution in [2.45, 2.75) is 38.8 Å². The molecule has 3 N–H and O–H groups in total. The number of halogens is 1. The van der Waals surface area contributed by atoms with Crippen LogP contribution in [0.3, 0.4) is 0 Å². The number of aryl methyl sites for hydroxylation is 2.